The van der Waals surface area contributed by atoms with Crippen molar-refractivity contribution in [2.24, 2.45) is 5.73 Å². The van der Waals surface area contributed by atoms with Crippen molar-refractivity contribution in [2.75, 3.05) is 20.3 Å². The van der Waals surface area contributed by atoms with E-state index in [1.807, 2.05) is 0 Å². The Bertz CT molecular complexity index is 486. The summed E-state index contributed by atoms with van der Waals surface area (Å²) in [6.07, 6.45) is 2.39. The third-order valence-electron chi connectivity index (χ3n) is 3.44. The topological polar surface area (TPSA) is 53.7 Å². The van der Waals surface area contributed by atoms with Gasteiger partial charge in [-0.15, -0.1) is 0 Å². The lowest BCUT2D eigenvalue weighted by Gasteiger charge is -2.20. The van der Waals surface area contributed by atoms with Crippen molar-refractivity contribution in [1.82, 2.24) is 0 Å². The third-order valence-corrected chi connectivity index (χ3v) is 3.44. The van der Waals surface area contributed by atoms with Crippen LogP contribution in [-0.2, 0) is 5.54 Å². The molecule has 1 aromatic carbocycles. The molecular formula is C13H16FNO3. The molecule has 1 aliphatic carbocycles. The van der Waals surface area contributed by atoms with Crippen LogP contribution in [0.4, 0.5) is 4.39 Å². The molecule has 0 spiro atoms. The minimum Gasteiger partial charge on any atom is -0.493 e. The molecule has 18 heavy (non-hydrogen) atoms. The second-order valence-corrected chi connectivity index (χ2v) is 4.80. The van der Waals surface area contributed by atoms with Crippen LogP contribution in [0.5, 0.6) is 17.2 Å². The lowest BCUT2D eigenvalue weighted by Crippen LogP contribution is -2.21. The molecule has 0 aromatic heterocycles. The van der Waals surface area contributed by atoms with E-state index in [0.29, 0.717) is 30.3 Å². The number of benzene rings is 1. The van der Waals surface area contributed by atoms with Crippen molar-refractivity contribution in [1.29, 1.82) is 0 Å². The first-order valence-electron chi connectivity index (χ1n) is 6.11. The number of hydrogen-bond donors (Lipinski definition) is 1. The summed E-state index contributed by atoms with van der Waals surface area (Å²) in [6.45, 7) is 1.07. The van der Waals surface area contributed by atoms with Gasteiger partial charge < -0.3 is 19.9 Å². The molecule has 5 heteroatoms. The lowest BCUT2D eigenvalue weighted by atomic mass is 10.0. The summed E-state index contributed by atoms with van der Waals surface area (Å²) in [5.74, 6) is 0.705. The number of nitrogens with two attached hydrogens (primary N) is 1. The highest BCUT2D eigenvalue weighted by atomic mass is 19.1. The Hall–Kier alpha value is -1.49. The van der Waals surface area contributed by atoms with Gasteiger partial charge in [0.05, 0.1) is 25.9 Å². The molecule has 98 valence electrons. The Balaban J connectivity index is 2.21. The molecule has 1 aromatic rings. The number of rotatable bonds is 2. The SMILES string of the molecule is COc1c(F)cc2c(c1C1(N)CC1)OCCCO2. The number of halogens is 1. The van der Waals surface area contributed by atoms with Gasteiger partial charge in [0, 0.05) is 18.0 Å². The molecule has 0 atom stereocenters. The normalized spacial score (nSPS) is 20.2. The molecule has 0 bridgehead atoms. The Morgan fingerprint density at radius 1 is 1.33 bits per heavy atom. The van der Waals surface area contributed by atoms with Gasteiger partial charge in [-0.2, -0.15) is 0 Å². The Labute approximate surface area is 105 Å². The zero-order valence-corrected chi connectivity index (χ0v) is 10.3. The number of ether oxygens (including phenoxy) is 3. The highest BCUT2D eigenvalue weighted by Crippen LogP contribution is 2.54. The maximum Gasteiger partial charge on any atom is 0.170 e. The predicted molar refractivity (Wildman–Crippen MR) is 63.7 cm³/mol. The van der Waals surface area contributed by atoms with Crippen molar-refractivity contribution >= 4 is 0 Å². The standard InChI is InChI=1S/C13H16FNO3/c1-16-11-8(14)7-9-12(18-6-2-5-17-9)10(11)13(15)3-4-13/h7H,2-6,15H2,1H3. The molecule has 0 unspecified atom stereocenters. The average Bonchev–Trinajstić information content (AvgIpc) is 3.11. The lowest BCUT2D eigenvalue weighted by molar-refractivity contribution is 0.294. The van der Waals surface area contributed by atoms with Crippen molar-refractivity contribution in [3.05, 3.63) is 17.4 Å². The number of methoxy groups -OCH3 is 1. The van der Waals surface area contributed by atoms with Gasteiger partial charge in [0.2, 0.25) is 0 Å². The van der Waals surface area contributed by atoms with Crippen LogP contribution in [0.3, 0.4) is 0 Å². The van der Waals surface area contributed by atoms with Crippen molar-refractivity contribution in [3.63, 3.8) is 0 Å². The Morgan fingerprint density at radius 2 is 2.06 bits per heavy atom. The van der Waals surface area contributed by atoms with Gasteiger partial charge in [0.1, 0.15) is 0 Å². The smallest absolute Gasteiger partial charge is 0.170 e. The van der Waals surface area contributed by atoms with E-state index in [1.165, 1.54) is 13.2 Å². The molecule has 1 heterocycles. The van der Waals surface area contributed by atoms with Crippen LogP contribution in [0.1, 0.15) is 24.8 Å². The van der Waals surface area contributed by atoms with Crippen molar-refractivity contribution in [3.8, 4) is 17.2 Å². The van der Waals surface area contributed by atoms with E-state index in [9.17, 15) is 4.39 Å². The van der Waals surface area contributed by atoms with Gasteiger partial charge in [0.25, 0.3) is 0 Å². The Morgan fingerprint density at radius 3 is 2.72 bits per heavy atom. The molecule has 0 amide bonds. The minimum atomic E-state index is -0.536. The van der Waals surface area contributed by atoms with Gasteiger partial charge in [0.15, 0.2) is 23.1 Å². The van der Waals surface area contributed by atoms with Gasteiger partial charge in [-0.1, -0.05) is 0 Å². The summed E-state index contributed by atoms with van der Waals surface area (Å²) in [7, 11) is 1.44. The van der Waals surface area contributed by atoms with E-state index < -0.39 is 11.4 Å². The number of hydrogen-bond acceptors (Lipinski definition) is 4. The second-order valence-electron chi connectivity index (χ2n) is 4.80. The molecule has 2 aliphatic rings. The molecular weight excluding hydrogens is 237 g/mol. The highest BCUT2D eigenvalue weighted by Gasteiger charge is 2.46. The molecule has 0 saturated heterocycles. The Kier molecular flexibility index (Phi) is 2.59. The van der Waals surface area contributed by atoms with E-state index in [2.05, 4.69) is 0 Å². The van der Waals surface area contributed by atoms with Gasteiger partial charge in [-0.25, -0.2) is 4.39 Å². The van der Waals surface area contributed by atoms with Crippen LogP contribution in [-0.4, -0.2) is 20.3 Å². The second kappa shape index (κ2) is 4.02. The average molecular weight is 253 g/mol. The predicted octanol–water partition coefficient (Wildman–Crippen LogP) is 1.94. The summed E-state index contributed by atoms with van der Waals surface area (Å²) in [5, 5.41) is 0. The third kappa shape index (κ3) is 1.70. The largest absolute Gasteiger partial charge is 0.493 e. The fraction of sp³-hybridized carbons (Fsp3) is 0.538. The van der Waals surface area contributed by atoms with Crippen molar-refractivity contribution in [2.45, 2.75) is 24.8 Å². The number of fused-ring (bicyclic) bond motifs is 1. The van der Waals surface area contributed by atoms with E-state index in [1.54, 1.807) is 0 Å². The van der Waals surface area contributed by atoms with E-state index >= 15 is 0 Å². The zero-order valence-electron chi connectivity index (χ0n) is 10.3. The first-order chi connectivity index (χ1) is 8.65. The molecule has 1 saturated carbocycles. The van der Waals surface area contributed by atoms with Crippen LogP contribution in [0.2, 0.25) is 0 Å². The monoisotopic (exact) mass is 253 g/mol. The summed E-state index contributed by atoms with van der Waals surface area (Å²) in [6, 6.07) is 1.31. The summed E-state index contributed by atoms with van der Waals surface area (Å²) < 4.78 is 30.4. The molecule has 1 fully saturated rings. The van der Waals surface area contributed by atoms with E-state index in [0.717, 1.165) is 19.3 Å². The molecule has 3 rings (SSSR count). The van der Waals surface area contributed by atoms with Gasteiger partial charge >= 0.3 is 0 Å². The van der Waals surface area contributed by atoms with Crippen LogP contribution in [0.15, 0.2) is 6.07 Å². The summed E-state index contributed by atoms with van der Waals surface area (Å²) >= 11 is 0. The molecule has 0 radical (unpaired) electrons. The fourth-order valence-electron chi connectivity index (χ4n) is 2.29. The van der Waals surface area contributed by atoms with Gasteiger partial charge in [-0.05, 0) is 12.8 Å². The van der Waals surface area contributed by atoms with Crippen molar-refractivity contribution < 1.29 is 18.6 Å². The highest BCUT2D eigenvalue weighted by molar-refractivity contribution is 5.59. The quantitative estimate of drug-likeness (QED) is 0.875. The maximum atomic E-state index is 14.0. The van der Waals surface area contributed by atoms with Crippen LogP contribution in [0, 0.1) is 5.82 Å². The summed E-state index contributed by atoms with van der Waals surface area (Å²) in [4.78, 5) is 0. The van der Waals surface area contributed by atoms with E-state index in [4.69, 9.17) is 19.9 Å². The first-order valence-corrected chi connectivity index (χ1v) is 6.11. The molecule has 4 nitrogen and oxygen atoms in total. The minimum absolute atomic E-state index is 0.180. The molecule has 2 N–H and O–H groups in total. The van der Waals surface area contributed by atoms with E-state index in [-0.39, 0.29) is 5.75 Å². The van der Waals surface area contributed by atoms with Gasteiger partial charge in [-0.3, -0.25) is 0 Å². The van der Waals surface area contributed by atoms with Crippen LogP contribution in [0.25, 0.3) is 0 Å². The van der Waals surface area contributed by atoms with Crippen LogP contribution < -0.4 is 19.9 Å². The zero-order chi connectivity index (χ0) is 12.8. The maximum absolute atomic E-state index is 14.0. The molecule has 1 aliphatic heterocycles. The van der Waals surface area contributed by atoms with Crippen LogP contribution >= 0.6 is 0 Å². The summed E-state index contributed by atoms with van der Waals surface area (Å²) in [5.41, 5.74) is 6.28. The fourth-order valence-corrected chi connectivity index (χ4v) is 2.29. The first kappa shape index (κ1) is 11.6.